The molecule has 2 heterocycles. The van der Waals surface area contributed by atoms with E-state index in [1.807, 2.05) is 65.5 Å². The van der Waals surface area contributed by atoms with Crippen LogP contribution in [0.4, 0.5) is 0 Å². The topological polar surface area (TPSA) is 34.4 Å². The van der Waals surface area contributed by atoms with Gasteiger partial charge in [-0.15, -0.1) is 23.5 Å². The minimum atomic E-state index is -0.185. The molecule has 1 saturated heterocycles. The first-order valence-corrected chi connectivity index (χ1v) is 10.6. The van der Waals surface area contributed by atoms with Gasteiger partial charge >= 0.3 is 0 Å². The maximum absolute atomic E-state index is 12.5. The predicted molar refractivity (Wildman–Crippen MR) is 105 cm³/mol. The summed E-state index contributed by atoms with van der Waals surface area (Å²) in [6.07, 6.45) is 0. The molecule has 3 aromatic rings. The third kappa shape index (κ3) is 3.06. The van der Waals surface area contributed by atoms with E-state index in [0.29, 0.717) is 10.1 Å². The maximum Gasteiger partial charge on any atom is 0.279 e. The van der Waals surface area contributed by atoms with E-state index in [9.17, 15) is 4.79 Å². The predicted octanol–water partition coefficient (Wildman–Crippen LogP) is 4.46. The van der Waals surface area contributed by atoms with Gasteiger partial charge in [0.05, 0.1) is 14.8 Å². The van der Waals surface area contributed by atoms with Crippen LogP contribution in [0.25, 0.3) is 10.2 Å². The lowest BCUT2D eigenvalue weighted by atomic mass is 10.1. The van der Waals surface area contributed by atoms with Crippen molar-refractivity contribution in [3.05, 3.63) is 64.5 Å². The zero-order valence-corrected chi connectivity index (χ0v) is 15.6. The number of amides is 1. The van der Waals surface area contributed by atoms with Crippen LogP contribution in [-0.2, 0) is 7.05 Å². The number of para-hydroxylation sites is 1. The van der Waals surface area contributed by atoms with E-state index < -0.39 is 0 Å². The Balaban J connectivity index is 1.64. The summed E-state index contributed by atoms with van der Waals surface area (Å²) in [7, 11) is 1.95. The van der Waals surface area contributed by atoms with Crippen LogP contribution in [0.2, 0.25) is 0 Å². The van der Waals surface area contributed by atoms with Gasteiger partial charge in [0.1, 0.15) is 0 Å². The second-order valence-electron chi connectivity index (χ2n) is 5.52. The molecule has 1 aromatic heterocycles. The van der Waals surface area contributed by atoms with Gasteiger partial charge in [0.2, 0.25) is 0 Å². The molecule has 0 N–H and O–H groups in total. The molecule has 122 valence electrons. The number of thiazole rings is 1. The van der Waals surface area contributed by atoms with Gasteiger partial charge in [-0.1, -0.05) is 35.6 Å². The molecule has 0 aliphatic carbocycles. The lowest BCUT2D eigenvalue weighted by Crippen LogP contribution is -2.13. The summed E-state index contributed by atoms with van der Waals surface area (Å²) in [5.74, 6) is 2.22. The largest absolute Gasteiger partial charge is 0.319 e. The molecule has 0 saturated carbocycles. The number of thioether (sulfide) groups is 2. The monoisotopic (exact) mass is 372 g/mol. The number of hydrogen-bond acceptors (Lipinski definition) is 4. The first-order chi connectivity index (χ1) is 11.7. The van der Waals surface area contributed by atoms with Gasteiger partial charge in [-0.05, 0) is 29.8 Å². The van der Waals surface area contributed by atoms with Gasteiger partial charge in [-0.3, -0.25) is 4.79 Å². The van der Waals surface area contributed by atoms with Gasteiger partial charge < -0.3 is 4.57 Å². The number of benzene rings is 2. The van der Waals surface area contributed by atoms with Gasteiger partial charge in [0.25, 0.3) is 5.91 Å². The number of carbonyl (C=O) groups is 1. The van der Waals surface area contributed by atoms with Crippen molar-refractivity contribution in [1.29, 1.82) is 0 Å². The molecule has 1 fully saturated rings. The molecule has 1 amide bonds. The Morgan fingerprint density at radius 1 is 1.08 bits per heavy atom. The van der Waals surface area contributed by atoms with E-state index in [4.69, 9.17) is 0 Å². The molecule has 0 radical (unpaired) electrons. The van der Waals surface area contributed by atoms with Crippen LogP contribution < -0.4 is 4.80 Å². The minimum absolute atomic E-state index is 0.185. The van der Waals surface area contributed by atoms with Crippen molar-refractivity contribution in [3.8, 4) is 0 Å². The fourth-order valence-electron chi connectivity index (χ4n) is 2.67. The molecular weight excluding hydrogens is 356 g/mol. The number of aryl methyl sites for hydroxylation is 1. The Bertz CT molecular complexity index is 950. The van der Waals surface area contributed by atoms with Crippen molar-refractivity contribution in [2.45, 2.75) is 4.58 Å². The van der Waals surface area contributed by atoms with E-state index in [2.05, 4.69) is 23.2 Å². The summed E-state index contributed by atoms with van der Waals surface area (Å²) < 4.78 is 3.61. The average molecular weight is 373 g/mol. The molecule has 0 bridgehead atoms. The molecule has 1 aliphatic heterocycles. The summed E-state index contributed by atoms with van der Waals surface area (Å²) in [5.41, 5.74) is 3.02. The average Bonchev–Trinajstić information content (AvgIpc) is 3.25. The van der Waals surface area contributed by atoms with Crippen molar-refractivity contribution in [2.75, 3.05) is 11.5 Å². The van der Waals surface area contributed by atoms with Gasteiger partial charge in [0, 0.05) is 24.1 Å². The standard InChI is InChI=1S/C18H16N2OS3/c1-20-14-4-2-3-5-15(14)24-18(20)19-16(21)12-6-8-13(9-7-12)17-22-10-11-23-17/h2-9,17H,10-11H2,1H3. The van der Waals surface area contributed by atoms with Crippen LogP contribution in [0.1, 0.15) is 20.5 Å². The van der Waals surface area contributed by atoms with Crippen LogP contribution in [0.3, 0.4) is 0 Å². The molecule has 24 heavy (non-hydrogen) atoms. The minimum Gasteiger partial charge on any atom is -0.319 e. The molecule has 0 unspecified atom stereocenters. The summed E-state index contributed by atoms with van der Waals surface area (Å²) in [5, 5.41) is 0. The third-order valence-corrected chi connectivity index (χ3v) is 8.18. The summed E-state index contributed by atoms with van der Waals surface area (Å²) in [6.45, 7) is 0. The Morgan fingerprint density at radius 2 is 1.79 bits per heavy atom. The maximum atomic E-state index is 12.5. The lowest BCUT2D eigenvalue weighted by Gasteiger charge is -2.08. The van der Waals surface area contributed by atoms with Crippen molar-refractivity contribution >= 4 is 51.0 Å². The Hall–Kier alpha value is -1.50. The number of fused-ring (bicyclic) bond motifs is 1. The first kappa shape index (κ1) is 16.0. The number of nitrogens with zero attached hydrogens (tertiary/aromatic N) is 2. The Labute approximate surface area is 152 Å². The highest BCUT2D eigenvalue weighted by Gasteiger charge is 2.18. The fraction of sp³-hybridized carbons (Fsp3) is 0.222. The molecule has 0 spiro atoms. The molecule has 6 heteroatoms. The van der Waals surface area contributed by atoms with Gasteiger partial charge in [0.15, 0.2) is 4.80 Å². The second-order valence-corrected chi connectivity index (χ2v) is 9.26. The highest BCUT2D eigenvalue weighted by molar-refractivity contribution is 8.19. The fourth-order valence-corrected chi connectivity index (χ4v) is 6.55. The van der Waals surface area contributed by atoms with Crippen LogP contribution in [0, 0.1) is 0 Å². The number of hydrogen-bond donors (Lipinski definition) is 0. The Kier molecular flexibility index (Phi) is 4.52. The SMILES string of the molecule is Cn1c(=NC(=O)c2ccc(C3SCCS3)cc2)sc2ccccc21. The van der Waals surface area contributed by atoms with Crippen molar-refractivity contribution < 1.29 is 4.79 Å². The molecule has 3 nitrogen and oxygen atoms in total. The molecule has 0 atom stereocenters. The first-order valence-electron chi connectivity index (χ1n) is 7.69. The quantitative estimate of drug-likeness (QED) is 0.666. The van der Waals surface area contributed by atoms with E-state index in [0.717, 1.165) is 15.0 Å². The Morgan fingerprint density at radius 3 is 2.50 bits per heavy atom. The van der Waals surface area contributed by atoms with Crippen molar-refractivity contribution in [2.24, 2.45) is 12.0 Å². The zero-order valence-electron chi connectivity index (χ0n) is 13.1. The molecular formula is C18H16N2OS3. The van der Waals surface area contributed by atoms with Crippen molar-refractivity contribution in [1.82, 2.24) is 4.57 Å². The van der Waals surface area contributed by atoms with Crippen molar-refractivity contribution in [3.63, 3.8) is 0 Å². The van der Waals surface area contributed by atoms with Gasteiger partial charge in [-0.2, -0.15) is 4.99 Å². The highest BCUT2D eigenvalue weighted by Crippen LogP contribution is 2.45. The summed E-state index contributed by atoms with van der Waals surface area (Å²) in [6, 6.07) is 16.0. The second kappa shape index (κ2) is 6.78. The number of carbonyl (C=O) groups excluding carboxylic acids is 1. The van der Waals surface area contributed by atoms with Crippen LogP contribution in [0.15, 0.2) is 53.5 Å². The number of aromatic nitrogens is 1. The summed E-state index contributed by atoms with van der Waals surface area (Å²) in [4.78, 5) is 17.5. The molecule has 2 aromatic carbocycles. The highest BCUT2D eigenvalue weighted by atomic mass is 32.2. The number of rotatable bonds is 2. The normalized spacial score (nSPS) is 16.1. The van der Waals surface area contributed by atoms with Gasteiger partial charge in [-0.25, -0.2) is 0 Å². The van der Waals surface area contributed by atoms with E-state index in [1.165, 1.54) is 28.4 Å². The van der Waals surface area contributed by atoms with E-state index >= 15 is 0 Å². The zero-order chi connectivity index (χ0) is 16.5. The summed E-state index contributed by atoms with van der Waals surface area (Å²) >= 11 is 5.48. The molecule has 4 rings (SSSR count). The third-order valence-electron chi connectivity index (χ3n) is 3.96. The molecule has 1 aliphatic rings. The van der Waals surface area contributed by atoms with E-state index in [-0.39, 0.29) is 5.91 Å². The van der Waals surface area contributed by atoms with Crippen LogP contribution in [-0.4, -0.2) is 22.0 Å². The smallest absolute Gasteiger partial charge is 0.279 e. The van der Waals surface area contributed by atoms with Crippen LogP contribution >= 0.6 is 34.9 Å². The lowest BCUT2D eigenvalue weighted by molar-refractivity contribution is 0.0998. The van der Waals surface area contributed by atoms with Crippen LogP contribution in [0.5, 0.6) is 0 Å². The van der Waals surface area contributed by atoms with E-state index in [1.54, 1.807) is 0 Å².